The van der Waals surface area contributed by atoms with Crippen molar-refractivity contribution >= 4 is 27.0 Å². The van der Waals surface area contributed by atoms with Crippen LogP contribution in [-0.4, -0.2) is 35.5 Å². The van der Waals surface area contributed by atoms with Gasteiger partial charge in [0.1, 0.15) is 17.5 Å². The van der Waals surface area contributed by atoms with Crippen LogP contribution in [0, 0.1) is 23.5 Å². The van der Waals surface area contributed by atoms with E-state index in [0.717, 1.165) is 43.1 Å². The highest BCUT2D eigenvalue weighted by Crippen LogP contribution is 2.36. The molecule has 1 atom stereocenters. The summed E-state index contributed by atoms with van der Waals surface area (Å²) in [5.74, 6) is 0.683. The fourth-order valence-corrected chi connectivity index (χ4v) is 4.66. The zero-order valence-corrected chi connectivity index (χ0v) is 19.0. The van der Waals surface area contributed by atoms with Gasteiger partial charge in [-0.1, -0.05) is 6.07 Å². The first kappa shape index (κ1) is 22.3. The maximum atomic E-state index is 14.5. The Labute approximate surface area is 188 Å². The summed E-state index contributed by atoms with van der Waals surface area (Å²) in [5.41, 5.74) is 2.46. The highest BCUT2D eigenvalue weighted by Gasteiger charge is 2.30. The summed E-state index contributed by atoms with van der Waals surface area (Å²) in [6.45, 7) is 1.47. The normalized spacial score (nSPS) is 19.5. The molecule has 1 aromatic heterocycles. The Bertz CT molecular complexity index is 1080. The molecule has 0 unspecified atom stereocenters. The molecule has 2 aromatic carbocycles. The number of aromatic nitrogens is 2. The van der Waals surface area contributed by atoms with Crippen LogP contribution in [0.25, 0.3) is 11.0 Å². The number of nitrogens with zero attached hydrogens (tertiary/aromatic N) is 2. The summed E-state index contributed by atoms with van der Waals surface area (Å²) < 4.78 is 41.0. The van der Waals surface area contributed by atoms with Crippen molar-refractivity contribution in [2.24, 2.45) is 11.8 Å². The van der Waals surface area contributed by atoms with Gasteiger partial charge < -0.3 is 19.1 Å². The van der Waals surface area contributed by atoms with Crippen LogP contribution >= 0.6 is 15.9 Å². The molecule has 1 N–H and O–H groups in total. The summed E-state index contributed by atoms with van der Waals surface area (Å²) in [4.78, 5) is 4.71. The predicted molar refractivity (Wildman–Crippen MR) is 117 cm³/mol. The number of halogens is 3. The summed E-state index contributed by atoms with van der Waals surface area (Å²) in [6, 6.07) is 7.78. The molecule has 1 heterocycles. The number of imidazole rings is 1. The van der Waals surface area contributed by atoms with Gasteiger partial charge in [-0.15, -0.1) is 0 Å². The molecule has 3 aromatic rings. The number of methoxy groups -OCH3 is 2. The number of hydrogen-bond acceptors (Lipinski definition) is 4. The lowest BCUT2D eigenvalue weighted by Crippen LogP contribution is -2.30. The molecular weight excluding hydrogens is 470 g/mol. The van der Waals surface area contributed by atoms with E-state index in [-0.39, 0.29) is 16.5 Å². The highest BCUT2D eigenvalue weighted by molar-refractivity contribution is 9.10. The van der Waals surface area contributed by atoms with Crippen LogP contribution in [0.5, 0.6) is 0 Å². The lowest BCUT2D eigenvalue weighted by atomic mass is 9.75. The molecule has 1 saturated carbocycles. The van der Waals surface area contributed by atoms with Crippen molar-refractivity contribution in [2.45, 2.75) is 32.1 Å². The van der Waals surface area contributed by atoms with E-state index in [0.29, 0.717) is 23.2 Å². The topological polar surface area (TPSA) is 56.5 Å². The molecule has 0 spiro atoms. The van der Waals surface area contributed by atoms with E-state index in [1.165, 1.54) is 13.2 Å². The summed E-state index contributed by atoms with van der Waals surface area (Å²) >= 11 is 3.02. The second-order valence-corrected chi connectivity index (χ2v) is 9.02. The smallest absolute Gasteiger partial charge is 0.180 e. The number of ether oxygens (including phenoxy) is 2. The highest BCUT2D eigenvalue weighted by atomic mass is 79.9. The molecule has 0 aliphatic heterocycles. The van der Waals surface area contributed by atoms with Crippen LogP contribution in [0.1, 0.15) is 36.1 Å². The van der Waals surface area contributed by atoms with Crippen LogP contribution in [0.3, 0.4) is 0 Å². The third-order valence-corrected chi connectivity index (χ3v) is 6.58. The van der Waals surface area contributed by atoms with E-state index >= 15 is 0 Å². The fraction of sp³-hybridized carbons (Fsp3) is 0.435. The zero-order valence-electron chi connectivity index (χ0n) is 17.4. The van der Waals surface area contributed by atoms with Gasteiger partial charge in [-0.25, -0.2) is 13.8 Å². The van der Waals surface area contributed by atoms with Crippen LogP contribution in [0.2, 0.25) is 0 Å². The average Bonchev–Trinajstić information content (AvgIpc) is 3.06. The second-order valence-electron chi connectivity index (χ2n) is 8.17. The quantitative estimate of drug-likeness (QED) is 0.354. The predicted octanol–water partition coefficient (Wildman–Crippen LogP) is 4.98. The van der Waals surface area contributed by atoms with Crippen molar-refractivity contribution in [2.75, 3.05) is 20.8 Å². The maximum Gasteiger partial charge on any atom is 0.180 e. The third-order valence-electron chi connectivity index (χ3n) is 5.97. The minimum atomic E-state index is -1.04. The number of hydrogen-bond donors (Lipinski definition) is 1. The van der Waals surface area contributed by atoms with Gasteiger partial charge in [-0.2, -0.15) is 0 Å². The largest absolute Gasteiger partial charge is 0.384 e. The van der Waals surface area contributed by atoms with Crippen LogP contribution in [0.15, 0.2) is 34.8 Å². The average molecular weight is 495 g/mol. The number of rotatable bonds is 8. The van der Waals surface area contributed by atoms with E-state index in [1.54, 1.807) is 13.2 Å². The molecule has 5 nitrogen and oxygen atoms in total. The first-order valence-electron chi connectivity index (χ1n) is 10.2. The van der Waals surface area contributed by atoms with Crippen molar-refractivity contribution in [1.29, 1.82) is 0 Å². The fourth-order valence-electron chi connectivity index (χ4n) is 4.34. The van der Waals surface area contributed by atoms with E-state index in [1.807, 2.05) is 12.1 Å². The maximum absolute atomic E-state index is 14.5. The Morgan fingerprint density at radius 1 is 1.16 bits per heavy atom. The van der Waals surface area contributed by atoms with Gasteiger partial charge in [-0.05, 0) is 70.4 Å². The summed E-state index contributed by atoms with van der Waals surface area (Å²) in [6.07, 6.45) is 1.23. The van der Waals surface area contributed by atoms with Crippen LogP contribution < -0.4 is 0 Å². The number of aliphatic hydroxyl groups excluding tert-OH is 1. The van der Waals surface area contributed by atoms with Crippen molar-refractivity contribution in [3.05, 3.63) is 63.4 Å². The minimum Gasteiger partial charge on any atom is -0.384 e. The Morgan fingerprint density at radius 2 is 1.94 bits per heavy atom. The van der Waals surface area contributed by atoms with Crippen LogP contribution in [-0.2, 0) is 22.4 Å². The molecule has 166 valence electrons. The first-order valence-corrected chi connectivity index (χ1v) is 11.0. The van der Waals surface area contributed by atoms with Gasteiger partial charge in [0, 0.05) is 39.4 Å². The molecule has 0 amide bonds. The van der Waals surface area contributed by atoms with Crippen molar-refractivity contribution in [3.8, 4) is 0 Å². The minimum absolute atomic E-state index is 0.0964. The standard InChI is InChI=1S/C23H25BrF2N2O3/c1-30-12-14-5-13(6-14)11-28-21-8-15(23(29)31-2)3-4-20(21)27-22(28)9-16-7-19(26)17(24)10-18(16)25/h3-4,7-8,10,13-14,23,29H,5-6,9,11-12H2,1-2H3/t13?,14?,23-/m0/s1. The van der Waals surface area contributed by atoms with Gasteiger partial charge in [0.15, 0.2) is 6.29 Å². The molecule has 31 heavy (non-hydrogen) atoms. The number of benzene rings is 2. The van der Waals surface area contributed by atoms with Crippen molar-refractivity contribution < 1.29 is 23.4 Å². The summed E-state index contributed by atoms with van der Waals surface area (Å²) in [5, 5.41) is 10.1. The second kappa shape index (κ2) is 9.32. The number of aliphatic hydroxyl groups is 1. The Morgan fingerprint density at radius 3 is 2.65 bits per heavy atom. The molecule has 0 radical (unpaired) electrons. The molecule has 8 heteroatoms. The molecule has 1 aliphatic rings. The molecule has 1 aliphatic carbocycles. The molecule has 4 rings (SSSR count). The molecular formula is C23H25BrF2N2O3. The Balaban J connectivity index is 1.70. The van der Waals surface area contributed by atoms with Gasteiger partial charge in [-0.3, -0.25) is 0 Å². The lowest BCUT2D eigenvalue weighted by Gasteiger charge is -2.35. The van der Waals surface area contributed by atoms with Crippen LogP contribution in [0.4, 0.5) is 8.78 Å². The zero-order chi connectivity index (χ0) is 22.1. The van der Waals surface area contributed by atoms with E-state index in [9.17, 15) is 13.9 Å². The lowest BCUT2D eigenvalue weighted by molar-refractivity contribution is -0.0768. The molecule has 0 saturated heterocycles. The van der Waals surface area contributed by atoms with Gasteiger partial charge in [0.25, 0.3) is 0 Å². The van der Waals surface area contributed by atoms with Crippen molar-refractivity contribution in [1.82, 2.24) is 9.55 Å². The van der Waals surface area contributed by atoms with Gasteiger partial charge >= 0.3 is 0 Å². The third kappa shape index (κ3) is 4.67. The monoisotopic (exact) mass is 494 g/mol. The van der Waals surface area contributed by atoms with E-state index < -0.39 is 17.9 Å². The van der Waals surface area contributed by atoms with Crippen molar-refractivity contribution in [3.63, 3.8) is 0 Å². The SMILES string of the molecule is COCC1CC(Cn2c(Cc3cc(F)c(Br)cc3F)nc3ccc([C@@H](O)OC)cc32)C1. The van der Waals surface area contributed by atoms with Gasteiger partial charge in [0.2, 0.25) is 0 Å². The number of fused-ring (bicyclic) bond motifs is 1. The van der Waals surface area contributed by atoms with E-state index in [2.05, 4.69) is 20.5 Å². The Kier molecular flexibility index (Phi) is 6.71. The molecule has 0 bridgehead atoms. The Hall–Kier alpha value is -1.87. The van der Waals surface area contributed by atoms with Gasteiger partial charge in [0.05, 0.1) is 15.5 Å². The molecule has 1 fully saturated rings. The first-order chi connectivity index (χ1) is 14.9. The summed E-state index contributed by atoms with van der Waals surface area (Å²) in [7, 11) is 3.15. The van der Waals surface area contributed by atoms with E-state index in [4.69, 9.17) is 14.5 Å².